The fourth-order valence-electron chi connectivity index (χ4n) is 3.57. The van der Waals surface area contributed by atoms with Gasteiger partial charge in [0.15, 0.2) is 0 Å². The molecule has 1 aromatic heterocycles. The molecule has 31 heavy (non-hydrogen) atoms. The highest BCUT2D eigenvalue weighted by molar-refractivity contribution is 7.88. The molecule has 1 aromatic rings. The second-order valence-corrected chi connectivity index (χ2v) is 9.85. The van der Waals surface area contributed by atoms with E-state index in [1.807, 2.05) is 0 Å². The van der Waals surface area contributed by atoms with Crippen molar-refractivity contribution in [1.29, 1.82) is 0 Å². The zero-order valence-corrected chi connectivity index (χ0v) is 19.0. The van der Waals surface area contributed by atoms with Crippen LogP contribution in [0.25, 0.3) is 0 Å². The van der Waals surface area contributed by atoms with Crippen molar-refractivity contribution in [3.05, 3.63) is 23.4 Å². The molecular weight excluding hydrogens is 420 g/mol. The predicted octanol–water partition coefficient (Wildman–Crippen LogP) is 1.83. The lowest BCUT2D eigenvalue weighted by Gasteiger charge is -2.17. The summed E-state index contributed by atoms with van der Waals surface area (Å²) in [6, 6.07) is 3.33. The van der Waals surface area contributed by atoms with Crippen LogP contribution in [0.15, 0.2) is 12.1 Å². The molecule has 0 radical (unpaired) electrons. The summed E-state index contributed by atoms with van der Waals surface area (Å²) < 4.78 is 24.2. The number of nitrogens with zero attached hydrogens (tertiary/aromatic N) is 1. The molecule has 1 aliphatic rings. The summed E-state index contributed by atoms with van der Waals surface area (Å²) in [5.74, 6) is -0.523. The number of aryl methyl sites for hydroxylation is 2. The minimum atomic E-state index is -3.37. The molecule has 1 aliphatic heterocycles. The second kappa shape index (κ2) is 12.6. The summed E-state index contributed by atoms with van der Waals surface area (Å²) in [5, 5.41) is 15.1. The molecule has 174 valence electrons. The zero-order valence-electron chi connectivity index (χ0n) is 18.2. The molecule has 0 bridgehead atoms. The van der Waals surface area contributed by atoms with Crippen LogP contribution in [0, 0.1) is 0 Å². The van der Waals surface area contributed by atoms with Crippen molar-refractivity contribution in [2.24, 2.45) is 0 Å². The first-order valence-electron chi connectivity index (χ1n) is 10.9. The number of hydrogen-bond donors (Lipinski definition) is 4. The molecule has 2 heterocycles. The van der Waals surface area contributed by atoms with Gasteiger partial charge in [0.2, 0.25) is 15.9 Å². The predicted molar refractivity (Wildman–Crippen MR) is 119 cm³/mol. The molecule has 0 saturated carbocycles. The Kier molecular flexibility index (Phi) is 10.2. The molecule has 0 spiro atoms. The third-order valence-corrected chi connectivity index (χ3v) is 5.96. The zero-order chi connectivity index (χ0) is 22.7. The number of carbonyl (C=O) groups is 2. The van der Waals surface area contributed by atoms with E-state index in [1.165, 1.54) is 5.56 Å². The van der Waals surface area contributed by atoms with Crippen LogP contribution >= 0.6 is 0 Å². The highest BCUT2D eigenvalue weighted by Crippen LogP contribution is 2.20. The molecule has 4 N–H and O–H groups in total. The van der Waals surface area contributed by atoms with E-state index in [1.54, 1.807) is 0 Å². The van der Waals surface area contributed by atoms with Gasteiger partial charge in [0.05, 0.1) is 6.26 Å². The van der Waals surface area contributed by atoms with E-state index in [-0.39, 0.29) is 13.0 Å². The van der Waals surface area contributed by atoms with Crippen molar-refractivity contribution >= 4 is 27.7 Å². The van der Waals surface area contributed by atoms with Gasteiger partial charge in [0.25, 0.3) is 0 Å². The number of sulfonamides is 1. The highest BCUT2D eigenvalue weighted by atomic mass is 32.2. The van der Waals surface area contributed by atoms with Crippen LogP contribution in [-0.4, -0.2) is 55.8 Å². The number of pyridine rings is 1. The standard InChI is InChI=1S/C21H34N4O5S/c1-31(29,30)23-15-13-19(26)25-18(21(27)28)10-6-4-2-3-5-9-17-12-11-16-8-7-14-22-20(16)24-17/h11-12,18,23H,2-10,13-15H2,1H3,(H,22,24)(H,25,26)(H,27,28)/t18-/m0/s1. The number of carboxylic acid groups (broad SMARTS) is 1. The maximum absolute atomic E-state index is 11.8. The minimum absolute atomic E-state index is 0.0495. The average Bonchev–Trinajstić information content (AvgIpc) is 2.71. The number of aromatic nitrogens is 1. The molecule has 0 saturated heterocycles. The molecule has 0 aromatic carbocycles. The van der Waals surface area contributed by atoms with Crippen LogP contribution in [0.3, 0.4) is 0 Å². The lowest BCUT2D eigenvalue weighted by atomic mass is 10.0. The van der Waals surface area contributed by atoms with Gasteiger partial charge in [-0.2, -0.15) is 0 Å². The van der Waals surface area contributed by atoms with Gasteiger partial charge in [-0.1, -0.05) is 31.7 Å². The van der Waals surface area contributed by atoms with Crippen molar-refractivity contribution in [1.82, 2.24) is 15.0 Å². The first-order chi connectivity index (χ1) is 14.7. The summed E-state index contributed by atoms with van der Waals surface area (Å²) in [6.07, 6.45) is 9.14. The number of amides is 1. The molecule has 1 atom stereocenters. The van der Waals surface area contributed by atoms with Crippen LogP contribution in [0.4, 0.5) is 5.82 Å². The van der Waals surface area contributed by atoms with Gasteiger partial charge in [0.1, 0.15) is 11.9 Å². The van der Waals surface area contributed by atoms with Crippen LogP contribution in [0.1, 0.15) is 62.6 Å². The molecular formula is C21H34N4O5S. The lowest BCUT2D eigenvalue weighted by molar-refractivity contribution is -0.142. The number of nitrogens with one attached hydrogen (secondary N) is 3. The maximum Gasteiger partial charge on any atom is 0.326 e. The van der Waals surface area contributed by atoms with E-state index in [2.05, 4.69) is 27.5 Å². The number of unbranched alkanes of at least 4 members (excludes halogenated alkanes) is 4. The van der Waals surface area contributed by atoms with Crippen molar-refractivity contribution < 1.29 is 23.1 Å². The Balaban J connectivity index is 1.58. The number of carboxylic acids is 1. The van der Waals surface area contributed by atoms with E-state index in [0.29, 0.717) is 12.8 Å². The van der Waals surface area contributed by atoms with Crippen molar-refractivity contribution in [3.63, 3.8) is 0 Å². The van der Waals surface area contributed by atoms with Crippen molar-refractivity contribution in [2.45, 2.75) is 70.3 Å². The Bertz CT molecular complexity index is 844. The average molecular weight is 455 g/mol. The summed E-state index contributed by atoms with van der Waals surface area (Å²) in [6.45, 7) is 0.935. The van der Waals surface area contributed by atoms with E-state index in [4.69, 9.17) is 4.98 Å². The van der Waals surface area contributed by atoms with E-state index < -0.39 is 27.9 Å². The third-order valence-electron chi connectivity index (χ3n) is 5.23. The number of hydrogen-bond acceptors (Lipinski definition) is 6. The Morgan fingerprint density at radius 2 is 1.94 bits per heavy atom. The first kappa shape index (κ1) is 25.1. The Morgan fingerprint density at radius 3 is 2.68 bits per heavy atom. The lowest BCUT2D eigenvalue weighted by Crippen LogP contribution is -2.41. The van der Waals surface area contributed by atoms with Crippen molar-refractivity contribution in [2.75, 3.05) is 24.7 Å². The minimum Gasteiger partial charge on any atom is -0.480 e. The molecule has 0 fully saturated rings. The monoisotopic (exact) mass is 454 g/mol. The molecule has 0 aliphatic carbocycles. The maximum atomic E-state index is 11.8. The van der Waals surface area contributed by atoms with Gasteiger partial charge in [-0.25, -0.2) is 22.9 Å². The number of anilines is 1. The molecule has 0 unspecified atom stereocenters. The highest BCUT2D eigenvalue weighted by Gasteiger charge is 2.19. The van der Waals surface area contributed by atoms with Crippen LogP contribution < -0.4 is 15.4 Å². The van der Waals surface area contributed by atoms with Crippen molar-refractivity contribution in [3.8, 4) is 0 Å². The van der Waals surface area contributed by atoms with Gasteiger partial charge in [-0.05, 0) is 43.7 Å². The Morgan fingerprint density at radius 1 is 1.19 bits per heavy atom. The Labute approximate surface area is 184 Å². The van der Waals surface area contributed by atoms with Crippen LogP contribution in [0.2, 0.25) is 0 Å². The van der Waals surface area contributed by atoms with Crippen LogP contribution in [-0.2, 0) is 32.5 Å². The summed E-state index contributed by atoms with van der Waals surface area (Å²) in [5.41, 5.74) is 2.40. The number of rotatable bonds is 14. The number of carbonyl (C=O) groups excluding carboxylic acids is 1. The van der Waals surface area contributed by atoms with E-state index in [9.17, 15) is 23.1 Å². The topological polar surface area (TPSA) is 137 Å². The fourth-order valence-corrected chi connectivity index (χ4v) is 4.04. The fraction of sp³-hybridized carbons (Fsp3) is 0.667. The van der Waals surface area contributed by atoms with Gasteiger partial charge in [-0.3, -0.25) is 4.79 Å². The molecule has 10 heteroatoms. The number of aliphatic carboxylic acids is 1. The first-order valence-corrected chi connectivity index (χ1v) is 12.8. The van der Waals surface area contributed by atoms with Gasteiger partial charge < -0.3 is 15.7 Å². The molecule has 2 rings (SSSR count). The largest absolute Gasteiger partial charge is 0.480 e. The van der Waals surface area contributed by atoms with Gasteiger partial charge >= 0.3 is 5.97 Å². The summed E-state index contributed by atoms with van der Waals surface area (Å²) in [7, 11) is -3.37. The SMILES string of the molecule is CS(=O)(=O)NCCC(=O)N[C@@H](CCCCCCCc1ccc2c(n1)NCCC2)C(=O)O. The summed E-state index contributed by atoms with van der Waals surface area (Å²) in [4.78, 5) is 27.9. The van der Waals surface area contributed by atoms with Gasteiger partial charge in [-0.15, -0.1) is 0 Å². The summed E-state index contributed by atoms with van der Waals surface area (Å²) >= 11 is 0. The van der Waals surface area contributed by atoms with E-state index >= 15 is 0 Å². The molecule has 9 nitrogen and oxygen atoms in total. The third kappa shape index (κ3) is 10.1. The number of fused-ring (bicyclic) bond motifs is 1. The second-order valence-electron chi connectivity index (χ2n) is 8.02. The molecule has 1 amide bonds. The smallest absolute Gasteiger partial charge is 0.326 e. The van der Waals surface area contributed by atoms with E-state index in [0.717, 1.165) is 69.3 Å². The Hall–Kier alpha value is -2.20. The van der Waals surface area contributed by atoms with Crippen LogP contribution in [0.5, 0.6) is 0 Å². The quantitative estimate of drug-likeness (QED) is 0.315. The normalized spacial score (nSPS) is 14.4. The van der Waals surface area contributed by atoms with Gasteiger partial charge in [0, 0.05) is 25.2 Å².